The van der Waals surface area contributed by atoms with Crippen LogP contribution in [0.3, 0.4) is 0 Å². The van der Waals surface area contributed by atoms with E-state index in [1.54, 1.807) is 0 Å². The van der Waals surface area contributed by atoms with Crippen LogP contribution in [-0.4, -0.2) is 74.9 Å². The van der Waals surface area contributed by atoms with Gasteiger partial charge in [0.2, 0.25) is 0 Å². The molecule has 0 aromatic rings. The number of phosphoric ester groups is 1. The Balaban J connectivity index is 3.90. The molecule has 9 nitrogen and oxygen atoms in total. The van der Waals surface area contributed by atoms with E-state index in [0.29, 0.717) is 23.9 Å². The van der Waals surface area contributed by atoms with Crippen molar-refractivity contribution in [3.63, 3.8) is 0 Å². The Morgan fingerprint density at radius 2 is 0.750 bits per heavy atom. The standard InChI is InChI=1S/C66H120NO8P/c1-6-8-10-12-14-16-18-20-21-22-23-24-25-26-27-28-29-30-31-32-33-34-35-36-37-38-39-40-41-42-43-44-45-47-49-51-53-55-57-59-66(69)75-64(63-74-76(70,71)73-61-60-67(3,4)5)62-72-65(68)58-56-54-52-50-48-46-19-17-15-13-11-9-7-2/h9,11,15,17-18,20,22-23,25-26,46,48,64H,6-8,10,12-14,16,19,21,24,27-45,47,49-63H2,1-5H3/p+1/b11-9-,17-15-,20-18-,23-22-,26-25-,48-46-. The number of hydrogen-bond donors (Lipinski definition) is 1. The lowest BCUT2D eigenvalue weighted by Crippen LogP contribution is -2.37. The highest BCUT2D eigenvalue weighted by molar-refractivity contribution is 7.47. The predicted molar refractivity (Wildman–Crippen MR) is 326 cm³/mol. The van der Waals surface area contributed by atoms with E-state index in [4.69, 9.17) is 18.5 Å². The maximum atomic E-state index is 12.8. The highest BCUT2D eigenvalue weighted by Gasteiger charge is 2.27. The molecule has 0 aliphatic heterocycles. The second-order valence-electron chi connectivity index (χ2n) is 22.4. The van der Waals surface area contributed by atoms with Gasteiger partial charge in [-0.2, -0.15) is 0 Å². The number of esters is 2. The summed E-state index contributed by atoms with van der Waals surface area (Å²) in [6.07, 6.45) is 76.0. The third-order valence-corrected chi connectivity index (χ3v) is 14.7. The summed E-state index contributed by atoms with van der Waals surface area (Å²) in [7, 11) is 1.46. The van der Waals surface area contributed by atoms with Crippen molar-refractivity contribution in [2.24, 2.45) is 0 Å². The molecule has 0 aromatic heterocycles. The molecule has 0 saturated carbocycles. The molecule has 0 aliphatic carbocycles. The Labute approximate surface area is 469 Å². The minimum Gasteiger partial charge on any atom is -0.462 e. The van der Waals surface area contributed by atoms with Gasteiger partial charge in [0.05, 0.1) is 27.7 Å². The van der Waals surface area contributed by atoms with E-state index in [2.05, 4.69) is 86.8 Å². The summed E-state index contributed by atoms with van der Waals surface area (Å²) >= 11 is 0. The second kappa shape index (κ2) is 57.1. The summed E-state index contributed by atoms with van der Waals surface area (Å²) in [6.45, 7) is 4.29. The fourth-order valence-electron chi connectivity index (χ4n) is 8.86. The Morgan fingerprint density at radius 3 is 1.13 bits per heavy atom. The van der Waals surface area contributed by atoms with Crippen LogP contribution < -0.4 is 0 Å². The first-order valence-corrected chi connectivity index (χ1v) is 33.2. The maximum absolute atomic E-state index is 12.8. The van der Waals surface area contributed by atoms with Crippen LogP contribution in [0.15, 0.2) is 72.9 Å². The van der Waals surface area contributed by atoms with Gasteiger partial charge in [0, 0.05) is 12.8 Å². The van der Waals surface area contributed by atoms with Crippen LogP contribution in [0.4, 0.5) is 0 Å². The van der Waals surface area contributed by atoms with Crippen molar-refractivity contribution in [3.05, 3.63) is 72.9 Å². The molecule has 442 valence electrons. The van der Waals surface area contributed by atoms with Gasteiger partial charge in [0.15, 0.2) is 6.10 Å². The summed E-state index contributed by atoms with van der Waals surface area (Å²) in [4.78, 5) is 35.6. The molecular weight excluding hydrogens is 966 g/mol. The molecule has 2 unspecified atom stereocenters. The average molecular weight is 1090 g/mol. The summed E-state index contributed by atoms with van der Waals surface area (Å²) in [5, 5.41) is 0. The third-order valence-electron chi connectivity index (χ3n) is 13.7. The molecule has 0 aromatic carbocycles. The zero-order valence-electron chi connectivity index (χ0n) is 50.2. The van der Waals surface area contributed by atoms with Crippen molar-refractivity contribution >= 4 is 19.8 Å². The van der Waals surface area contributed by atoms with Gasteiger partial charge >= 0.3 is 19.8 Å². The largest absolute Gasteiger partial charge is 0.472 e. The number of hydrogen-bond acceptors (Lipinski definition) is 7. The molecule has 10 heteroatoms. The number of carbonyl (C=O) groups is 2. The Hall–Kier alpha value is -2.55. The molecule has 0 aliphatic rings. The van der Waals surface area contributed by atoms with Gasteiger partial charge in [-0.3, -0.25) is 18.6 Å². The smallest absolute Gasteiger partial charge is 0.462 e. The highest BCUT2D eigenvalue weighted by atomic mass is 31.2. The zero-order chi connectivity index (χ0) is 55.6. The summed E-state index contributed by atoms with van der Waals surface area (Å²) in [5.41, 5.74) is 0. The van der Waals surface area contributed by atoms with E-state index in [9.17, 15) is 19.0 Å². The molecule has 76 heavy (non-hydrogen) atoms. The van der Waals surface area contributed by atoms with Crippen molar-refractivity contribution in [3.8, 4) is 0 Å². The monoisotopic (exact) mass is 1090 g/mol. The van der Waals surface area contributed by atoms with Crippen LogP contribution in [0.25, 0.3) is 0 Å². The number of unbranched alkanes of at least 4 members (excludes halogenated alkanes) is 32. The molecule has 0 radical (unpaired) electrons. The molecular formula is C66H121NO8P+. The first kappa shape index (κ1) is 73.5. The lowest BCUT2D eigenvalue weighted by molar-refractivity contribution is -0.870. The molecule has 1 N–H and O–H groups in total. The van der Waals surface area contributed by atoms with Crippen molar-refractivity contribution in [1.82, 2.24) is 0 Å². The minimum atomic E-state index is -4.39. The quantitative estimate of drug-likeness (QED) is 0.0211. The predicted octanol–water partition coefficient (Wildman–Crippen LogP) is 20.0. The van der Waals surface area contributed by atoms with Crippen LogP contribution in [0, 0.1) is 0 Å². The fraction of sp³-hybridized carbons (Fsp3) is 0.788. The van der Waals surface area contributed by atoms with E-state index in [1.807, 2.05) is 21.1 Å². The normalized spacial score (nSPS) is 13.7. The van der Waals surface area contributed by atoms with Gasteiger partial charge in [-0.05, 0) is 83.5 Å². The number of allylic oxidation sites excluding steroid dienone is 12. The molecule has 0 spiro atoms. The first-order valence-electron chi connectivity index (χ1n) is 31.7. The Morgan fingerprint density at radius 1 is 0.421 bits per heavy atom. The van der Waals surface area contributed by atoms with E-state index in [1.165, 1.54) is 180 Å². The number of rotatable bonds is 58. The van der Waals surface area contributed by atoms with Crippen LogP contribution in [0.5, 0.6) is 0 Å². The summed E-state index contributed by atoms with van der Waals surface area (Å²) < 4.78 is 34.5. The van der Waals surface area contributed by atoms with Crippen molar-refractivity contribution in [2.75, 3.05) is 47.5 Å². The summed E-state index contributed by atoms with van der Waals surface area (Å²) in [6, 6.07) is 0. The SMILES string of the molecule is CC/C=C\C/C=C\C/C=C\CCCCCC(=O)OCC(COP(=O)(O)OCC[N+](C)(C)C)OC(=O)CCCCCCCCCCCCCCCCCCCCCCCCCC/C=C\C/C=C\C/C=C\CCCCCCC. The third kappa shape index (κ3) is 60.7. The Bertz CT molecular complexity index is 1510. The van der Waals surface area contributed by atoms with Gasteiger partial charge in [0.25, 0.3) is 0 Å². The minimum absolute atomic E-state index is 0.0260. The molecule has 0 rings (SSSR count). The average Bonchev–Trinajstić information content (AvgIpc) is 3.38. The van der Waals surface area contributed by atoms with Crippen molar-refractivity contribution in [1.29, 1.82) is 0 Å². The van der Waals surface area contributed by atoms with E-state index < -0.39 is 32.5 Å². The lowest BCUT2D eigenvalue weighted by Gasteiger charge is -2.24. The van der Waals surface area contributed by atoms with Crippen LogP contribution in [0.2, 0.25) is 0 Å². The van der Waals surface area contributed by atoms with E-state index >= 15 is 0 Å². The first-order chi connectivity index (χ1) is 37.0. The maximum Gasteiger partial charge on any atom is 0.472 e. The van der Waals surface area contributed by atoms with Crippen LogP contribution >= 0.6 is 7.82 Å². The van der Waals surface area contributed by atoms with Gasteiger partial charge in [-0.25, -0.2) is 4.57 Å². The van der Waals surface area contributed by atoms with Gasteiger partial charge < -0.3 is 18.9 Å². The van der Waals surface area contributed by atoms with Crippen LogP contribution in [0.1, 0.15) is 284 Å². The number of phosphoric acid groups is 1. The lowest BCUT2D eigenvalue weighted by atomic mass is 10.0. The fourth-order valence-corrected chi connectivity index (χ4v) is 9.60. The highest BCUT2D eigenvalue weighted by Crippen LogP contribution is 2.43. The topological polar surface area (TPSA) is 108 Å². The van der Waals surface area contributed by atoms with Gasteiger partial charge in [0.1, 0.15) is 19.8 Å². The molecule has 0 fully saturated rings. The molecule has 2 atom stereocenters. The van der Waals surface area contributed by atoms with E-state index in [-0.39, 0.29) is 26.1 Å². The number of carbonyl (C=O) groups excluding carboxylic acids is 2. The number of likely N-dealkylation sites (N-methyl/N-ethyl adjacent to an activating group) is 1. The number of ether oxygens (including phenoxy) is 2. The van der Waals surface area contributed by atoms with Crippen molar-refractivity contribution < 1.29 is 42.1 Å². The van der Waals surface area contributed by atoms with Gasteiger partial charge in [-0.15, -0.1) is 0 Å². The summed E-state index contributed by atoms with van der Waals surface area (Å²) in [5.74, 6) is -0.826. The zero-order valence-corrected chi connectivity index (χ0v) is 51.1. The molecule has 0 amide bonds. The molecule has 0 heterocycles. The van der Waals surface area contributed by atoms with Crippen LogP contribution in [-0.2, 0) is 32.7 Å². The van der Waals surface area contributed by atoms with E-state index in [0.717, 1.165) is 64.2 Å². The van der Waals surface area contributed by atoms with Crippen molar-refractivity contribution in [2.45, 2.75) is 290 Å². The number of quaternary nitrogens is 1. The Kier molecular flexibility index (Phi) is 55.2. The second-order valence-corrected chi connectivity index (χ2v) is 23.9. The number of nitrogens with zero attached hydrogens (tertiary/aromatic N) is 1. The van der Waals surface area contributed by atoms with Gasteiger partial charge in [-0.1, -0.05) is 260 Å². The molecule has 0 bridgehead atoms. The molecule has 0 saturated heterocycles.